The molecule has 0 saturated carbocycles. The van der Waals surface area contributed by atoms with Crippen LogP contribution in [0, 0.1) is 5.92 Å². The van der Waals surface area contributed by atoms with Crippen LogP contribution >= 0.6 is 0 Å². The molecule has 32 heteroatoms. The summed E-state index contributed by atoms with van der Waals surface area (Å²) >= 11 is 0. The number of carbonyl (C=O) groups is 11. The van der Waals surface area contributed by atoms with Gasteiger partial charge in [-0.15, -0.1) is 0 Å². The number of aromatic nitrogens is 5. The number of aromatic amines is 2. The molecule has 2 aliphatic heterocycles. The summed E-state index contributed by atoms with van der Waals surface area (Å²) in [7, 11) is 0. The van der Waals surface area contributed by atoms with Crippen LogP contribution < -0.4 is 59.3 Å². The number of aromatic hydroxyl groups is 1. The second-order valence-corrected chi connectivity index (χ2v) is 24.9. The van der Waals surface area contributed by atoms with Crippen molar-refractivity contribution in [1.29, 1.82) is 0 Å². The summed E-state index contributed by atoms with van der Waals surface area (Å²) in [6.07, 6.45) is 8.49. The Kier molecular flexibility index (Phi) is 28.6. The maximum absolute atomic E-state index is 15.1. The maximum Gasteiger partial charge on any atom is 0.300 e. The average Bonchev–Trinajstić information content (AvgIpc) is 1.61. The van der Waals surface area contributed by atoms with Gasteiger partial charge in [0.2, 0.25) is 59.1 Å². The molecule has 2 saturated heterocycles. The van der Waals surface area contributed by atoms with Gasteiger partial charge in [0.1, 0.15) is 60.1 Å². The number of nitrogens with zero attached hydrogens (tertiary/aromatic N) is 5. The molecule has 0 aliphatic carbocycles. The van der Waals surface area contributed by atoms with Gasteiger partial charge in [-0.25, -0.2) is 9.97 Å². The van der Waals surface area contributed by atoms with Crippen molar-refractivity contribution in [2.45, 2.75) is 159 Å². The largest absolute Gasteiger partial charge is 0.508 e. The van der Waals surface area contributed by atoms with E-state index in [2.05, 4.69) is 72.8 Å². The van der Waals surface area contributed by atoms with E-state index in [4.69, 9.17) is 21.4 Å². The average molecular weight is 1380 g/mol. The molecule has 2 aliphatic rings. The Hall–Kier alpha value is -11.2. The number of hydrogen-bond donors (Lipinski definition) is 16. The SMILES string of the molecule is CC(=O)O.CCNC(=O)[C@@H]1CCCN1C(=O)[C@H](CCCN=C(N)N)NC(=O)[C@H](CC(C)C)NC(=O)[C@@H](Cc1cn(Cc2ccccc2)cn1)NC(=O)[C@H](Cc1ccc(O)cc1)NC(=O)[C@@H](CO)NC(=O)[C@H](Cc1c[nH]c2ccccc12)NC(=O)[C@H](Cc1cnc[nH]1)NC(=O)[C@@H]1CCC(=O)N1. The summed E-state index contributed by atoms with van der Waals surface area (Å²) in [5, 5.41) is 53.7. The lowest BCUT2D eigenvalue weighted by Crippen LogP contribution is -2.61. The number of hydrogen-bond acceptors (Lipinski definition) is 16. The predicted molar refractivity (Wildman–Crippen MR) is 365 cm³/mol. The van der Waals surface area contributed by atoms with Crippen molar-refractivity contribution < 1.29 is 68.1 Å². The second kappa shape index (κ2) is 37.5. The zero-order valence-electron chi connectivity index (χ0n) is 56.2. The van der Waals surface area contributed by atoms with E-state index in [-0.39, 0.29) is 100 Å². The highest BCUT2D eigenvalue weighted by Gasteiger charge is 2.40. The fraction of sp³-hybridized carbons (Fsp3) is 0.441. The minimum atomic E-state index is -1.79. The van der Waals surface area contributed by atoms with Crippen molar-refractivity contribution in [2.24, 2.45) is 22.4 Å². The monoisotopic (exact) mass is 1380 g/mol. The van der Waals surface area contributed by atoms with Gasteiger partial charge in [-0.2, -0.15) is 0 Å². The number of carboxylic acids is 1. The fourth-order valence-corrected chi connectivity index (χ4v) is 11.6. The number of aliphatic imine (C=N–C) groups is 1. The van der Waals surface area contributed by atoms with Crippen molar-refractivity contribution in [1.82, 2.24) is 77.3 Å². The molecule has 10 amide bonds. The van der Waals surface area contributed by atoms with Crippen LogP contribution in [0.2, 0.25) is 0 Å². The van der Waals surface area contributed by atoms with Gasteiger partial charge in [-0.3, -0.25) is 57.7 Å². The Morgan fingerprint density at radius 2 is 1.30 bits per heavy atom. The zero-order valence-corrected chi connectivity index (χ0v) is 56.2. The number of phenolic OH excluding ortho intramolecular Hbond substituents is 1. The molecule has 0 bridgehead atoms. The van der Waals surface area contributed by atoms with E-state index in [9.17, 15) is 48.6 Å². The standard InChI is InChI=1S/C66H86N18O12.C2H4O2/c1-4-70-64(95)55-17-11-25-84(55)65(96)48(16-10-24-71-66(67)68)76-58(89)49(26-38(2)3)77-62(93)53(30-43-34-83(37-74-43)33-40-12-6-5-7-13-40)81-59(90)50(27-39-18-20-44(86)21-19-39)78-63(94)54(35-85)82-60(91)51(28-41-31-72-46-15-9-8-14-45(41)46)79-61(92)52(29-42-32-69-36-73-42)80-57(88)47-22-23-56(87)75-47;1-2(3)4/h5-9,12-15,18-21,31-32,34,36-38,47-55,72,85-86H,4,10-11,16-17,22-30,33,35H2,1-3H3,(H,69,73)(H,70,95)(H,75,87)(H,76,89)(H,77,93)(H,78,94)(H,79,92)(H,80,88)(H,81,90)(H,82,91)(H4,67,68,71);1H3,(H,3,4)/t47-,48-,49-,50-,51-,52-,53+,54+,55-;/m0./s1. The third kappa shape index (κ3) is 23.3. The van der Waals surface area contributed by atoms with Crippen LogP contribution in [0.25, 0.3) is 10.9 Å². The first-order valence-electron chi connectivity index (χ1n) is 33.1. The molecule has 9 atom stereocenters. The number of amides is 10. The normalized spacial score (nSPS) is 16.1. The molecule has 8 rings (SSSR count). The number of nitrogens with one attached hydrogen (secondary N) is 11. The number of para-hydroxylation sites is 1. The van der Waals surface area contributed by atoms with Crippen LogP contribution in [0.4, 0.5) is 0 Å². The lowest BCUT2D eigenvalue weighted by Gasteiger charge is -2.30. The quantitative estimate of drug-likeness (QED) is 0.0132. The number of imidazole rings is 2. The Bertz CT molecular complexity index is 3800. The third-order valence-corrected chi connectivity index (χ3v) is 16.5. The van der Waals surface area contributed by atoms with Gasteiger partial charge in [0.05, 0.1) is 25.0 Å². The minimum absolute atomic E-state index is 0.0495. The summed E-state index contributed by atoms with van der Waals surface area (Å²) in [6, 6.07) is 10.5. The van der Waals surface area contributed by atoms with Crippen LogP contribution in [0.15, 0.2) is 115 Å². The van der Waals surface area contributed by atoms with Crippen molar-refractivity contribution >= 4 is 81.9 Å². The molecule has 3 aromatic carbocycles. The number of carbonyl (C=O) groups excluding carboxylic acids is 10. The summed E-state index contributed by atoms with van der Waals surface area (Å²) in [4.78, 5) is 171. The summed E-state index contributed by atoms with van der Waals surface area (Å²) < 4.78 is 1.78. The highest BCUT2D eigenvalue weighted by Crippen LogP contribution is 2.23. The smallest absolute Gasteiger partial charge is 0.300 e. The molecule has 0 unspecified atom stereocenters. The number of carboxylic acid groups (broad SMARTS) is 1. The zero-order chi connectivity index (χ0) is 72.4. The third-order valence-electron chi connectivity index (χ3n) is 16.5. The first kappa shape index (κ1) is 76.2. The van der Waals surface area contributed by atoms with Gasteiger partial charge in [-0.05, 0) is 86.3 Å². The molecular weight excluding hydrogens is 1290 g/mol. The van der Waals surface area contributed by atoms with E-state index in [1.807, 2.05) is 50.2 Å². The predicted octanol–water partition coefficient (Wildman–Crippen LogP) is -0.906. The van der Waals surface area contributed by atoms with Crippen molar-refractivity contribution in [3.05, 3.63) is 138 Å². The molecule has 5 heterocycles. The van der Waals surface area contributed by atoms with E-state index in [1.165, 1.54) is 41.7 Å². The number of nitrogens with two attached hydrogens (primary N) is 2. The maximum atomic E-state index is 15.1. The first-order chi connectivity index (χ1) is 47.9. The number of guanidine groups is 1. The number of benzene rings is 3. The Morgan fingerprint density at radius 1 is 0.700 bits per heavy atom. The van der Waals surface area contributed by atoms with Gasteiger partial charge in [0.15, 0.2) is 5.96 Å². The van der Waals surface area contributed by atoms with E-state index in [0.717, 1.165) is 12.5 Å². The van der Waals surface area contributed by atoms with Gasteiger partial charge < -0.3 is 94.1 Å². The lowest BCUT2D eigenvalue weighted by molar-refractivity contribution is -0.142. The van der Waals surface area contributed by atoms with Gasteiger partial charge >= 0.3 is 0 Å². The number of aliphatic hydroxyl groups excluding tert-OH is 1. The fourth-order valence-electron chi connectivity index (χ4n) is 11.6. The number of rotatable bonds is 34. The van der Waals surface area contributed by atoms with Gasteiger partial charge in [-0.1, -0.05) is 74.5 Å². The second-order valence-electron chi connectivity index (χ2n) is 24.9. The highest BCUT2D eigenvalue weighted by molar-refractivity contribution is 5.99. The number of H-pyrrole nitrogens is 2. The summed E-state index contributed by atoms with van der Waals surface area (Å²) in [6.45, 7) is 6.58. The van der Waals surface area contributed by atoms with Crippen molar-refractivity contribution in [3.63, 3.8) is 0 Å². The van der Waals surface area contributed by atoms with Gasteiger partial charge in [0.25, 0.3) is 5.97 Å². The van der Waals surface area contributed by atoms with E-state index in [0.29, 0.717) is 59.3 Å². The van der Waals surface area contributed by atoms with Crippen LogP contribution in [0.5, 0.6) is 5.75 Å². The number of aliphatic carboxylic acids is 1. The summed E-state index contributed by atoms with van der Waals surface area (Å²) in [5.41, 5.74) is 14.6. The Labute approximate surface area is 576 Å². The minimum Gasteiger partial charge on any atom is -0.508 e. The number of fused-ring (bicyclic) bond motifs is 1. The Morgan fingerprint density at radius 3 is 1.92 bits per heavy atom. The van der Waals surface area contributed by atoms with Gasteiger partial charge in [0, 0.05) is 100 Å². The molecule has 100 heavy (non-hydrogen) atoms. The number of aliphatic hydroxyl groups is 1. The topological polar surface area (TPSA) is 487 Å². The van der Waals surface area contributed by atoms with Crippen LogP contribution in [-0.2, 0) is 85.0 Å². The molecule has 0 radical (unpaired) electrons. The molecule has 32 nitrogen and oxygen atoms in total. The van der Waals surface area contributed by atoms with Crippen LogP contribution in [-0.4, -0.2) is 196 Å². The first-order valence-corrected chi connectivity index (χ1v) is 33.1. The van der Waals surface area contributed by atoms with Crippen molar-refractivity contribution in [3.8, 4) is 5.75 Å². The number of likely N-dealkylation sites (tertiary alicyclic amines) is 1. The molecule has 0 spiro atoms. The molecule has 3 aromatic heterocycles. The van der Waals surface area contributed by atoms with Crippen LogP contribution in [0.3, 0.4) is 0 Å². The molecule has 2 fully saturated rings. The van der Waals surface area contributed by atoms with E-state index in [1.54, 1.807) is 48.4 Å². The molecule has 536 valence electrons. The van der Waals surface area contributed by atoms with E-state index >= 15 is 9.59 Å². The lowest BCUT2D eigenvalue weighted by atomic mass is 10.0. The number of likely N-dealkylation sites (N-methyl/N-ethyl adjacent to an activating group) is 1. The van der Waals surface area contributed by atoms with E-state index < -0.39 is 114 Å². The molecular formula is C68H90N18O14. The summed E-state index contributed by atoms with van der Waals surface area (Å²) in [5.74, 6) is -8.55. The van der Waals surface area contributed by atoms with Crippen LogP contribution in [0.1, 0.15) is 101 Å². The Balaban J connectivity index is 0.00000342. The number of phenols is 1. The molecule has 6 aromatic rings. The molecule has 18 N–H and O–H groups in total. The van der Waals surface area contributed by atoms with Crippen molar-refractivity contribution in [2.75, 3.05) is 26.2 Å². The highest BCUT2D eigenvalue weighted by atomic mass is 16.4.